The summed E-state index contributed by atoms with van der Waals surface area (Å²) >= 11 is 9.93. The fourth-order valence-corrected chi connectivity index (χ4v) is 4.24. The lowest BCUT2D eigenvalue weighted by molar-refractivity contribution is -0.134. The third-order valence-electron chi connectivity index (χ3n) is 5.25. The Balaban J connectivity index is 1.62. The van der Waals surface area contributed by atoms with Crippen LogP contribution in [-0.4, -0.2) is 50.0 Å². The number of carbonyl (C=O) groups is 2. The summed E-state index contributed by atoms with van der Waals surface area (Å²) in [6, 6.07) is 11.1. The molecule has 0 aromatic heterocycles. The van der Waals surface area contributed by atoms with E-state index in [2.05, 4.69) is 26.1 Å². The Hall–Kier alpha value is -2.51. The largest absolute Gasteiger partial charge is 0.496 e. The van der Waals surface area contributed by atoms with Gasteiger partial charge in [0.25, 0.3) is 0 Å². The molecule has 0 aliphatic carbocycles. The van der Waals surface area contributed by atoms with Crippen LogP contribution in [0.4, 0.5) is 11.4 Å². The van der Waals surface area contributed by atoms with Crippen molar-refractivity contribution in [3.05, 3.63) is 57.5 Å². The summed E-state index contributed by atoms with van der Waals surface area (Å²) in [7, 11) is 1.59. The second kappa shape index (κ2) is 10.9. The number of nitrogens with one attached hydrogen (secondary N) is 1. The van der Waals surface area contributed by atoms with Crippen LogP contribution in [0.1, 0.15) is 19.4 Å². The first-order valence-electron chi connectivity index (χ1n) is 10.4. The third kappa shape index (κ3) is 6.04. The van der Waals surface area contributed by atoms with Gasteiger partial charge in [-0.3, -0.25) is 9.59 Å². The van der Waals surface area contributed by atoms with Crippen molar-refractivity contribution < 1.29 is 14.3 Å². The predicted octanol–water partition coefficient (Wildman–Crippen LogP) is 5.07. The fraction of sp³-hybridized carbons (Fsp3) is 0.333. The summed E-state index contributed by atoms with van der Waals surface area (Å²) in [6.07, 6.45) is 3.16. The Bertz CT molecular complexity index is 1020. The average molecular weight is 521 g/mol. The van der Waals surface area contributed by atoms with Crippen molar-refractivity contribution in [2.24, 2.45) is 5.92 Å². The number of hydrogen-bond acceptors (Lipinski definition) is 4. The molecule has 1 N–H and O–H groups in total. The van der Waals surface area contributed by atoms with E-state index in [9.17, 15) is 9.59 Å². The number of hydrogen-bond donors (Lipinski definition) is 1. The van der Waals surface area contributed by atoms with E-state index in [0.29, 0.717) is 29.5 Å². The molecule has 0 saturated carbocycles. The maximum Gasteiger partial charge on any atom is 0.248 e. The molecule has 1 aliphatic rings. The van der Waals surface area contributed by atoms with Gasteiger partial charge in [0.1, 0.15) is 5.75 Å². The summed E-state index contributed by atoms with van der Waals surface area (Å²) in [6.45, 7) is 6.64. The van der Waals surface area contributed by atoms with Gasteiger partial charge in [0.15, 0.2) is 0 Å². The summed E-state index contributed by atoms with van der Waals surface area (Å²) in [4.78, 5) is 28.6. The molecule has 0 atom stereocenters. The molecule has 1 aliphatic heterocycles. The molecule has 0 radical (unpaired) electrons. The number of amides is 2. The van der Waals surface area contributed by atoms with Crippen LogP contribution >= 0.6 is 27.5 Å². The molecule has 1 heterocycles. The maximum absolute atomic E-state index is 12.4. The van der Waals surface area contributed by atoms with Crippen LogP contribution in [-0.2, 0) is 9.59 Å². The van der Waals surface area contributed by atoms with Crippen LogP contribution in [0, 0.1) is 5.92 Å². The molecule has 0 unspecified atom stereocenters. The number of benzene rings is 2. The number of anilines is 2. The first-order valence-corrected chi connectivity index (χ1v) is 11.6. The minimum Gasteiger partial charge on any atom is -0.496 e. The van der Waals surface area contributed by atoms with Crippen molar-refractivity contribution in [2.45, 2.75) is 13.8 Å². The van der Waals surface area contributed by atoms with Crippen molar-refractivity contribution in [1.82, 2.24) is 4.90 Å². The third-order valence-corrected chi connectivity index (χ3v) is 6.04. The van der Waals surface area contributed by atoms with Gasteiger partial charge in [0, 0.05) is 53.9 Å². The molecule has 1 fully saturated rings. The molecule has 8 heteroatoms. The quantitative estimate of drug-likeness (QED) is 0.541. The SMILES string of the molecule is COc1ccc(Br)cc1/C=C/C(=O)Nc1ccc(N2CCN(C(=O)C(C)C)CC2)c(Cl)c1. The molecule has 2 aromatic rings. The van der Waals surface area contributed by atoms with Crippen molar-refractivity contribution in [3.8, 4) is 5.75 Å². The molecule has 1 saturated heterocycles. The van der Waals surface area contributed by atoms with Crippen molar-refractivity contribution in [1.29, 1.82) is 0 Å². The lowest BCUT2D eigenvalue weighted by Crippen LogP contribution is -2.50. The lowest BCUT2D eigenvalue weighted by Gasteiger charge is -2.37. The zero-order chi connectivity index (χ0) is 23.3. The van der Waals surface area contributed by atoms with E-state index in [1.165, 1.54) is 6.08 Å². The topological polar surface area (TPSA) is 61.9 Å². The first kappa shape index (κ1) is 24.1. The van der Waals surface area contributed by atoms with Gasteiger partial charge in [-0.05, 0) is 42.5 Å². The number of methoxy groups -OCH3 is 1. The van der Waals surface area contributed by atoms with Crippen molar-refractivity contribution in [3.63, 3.8) is 0 Å². The van der Waals surface area contributed by atoms with Crippen LogP contribution in [0.2, 0.25) is 5.02 Å². The van der Waals surface area contributed by atoms with Crippen molar-refractivity contribution in [2.75, 3.05) is 43.5 Å². The normalized spacial score (nSPS) is 14.2. The van der Waals surface area contributed by atoms with Crippen LogP contribution in [0.5, 0.6) is 5.75 Å². The molecule has 0 bridgehead atoms. The summed E-state index contributed by atoms with van der Waals surface area (Å²) < 4.78 is 6.22. The standard InChI is InChI=1S/C24H27BrClN3O3/c1-16(2)24(31)29-12-10-28(11-13-29)21-7-6-19(15-20(21)26)27-23(30)9-4-17-14-18(25)5-8-22(17)32-3/h4-9,14-16H,10-13H2,1-3H3,(H,27,30)/b9-4+. The van der Waals surface area contributed by atoms with E-state index in [1.54, 1.807) is 19.3 Å². The minimum atomic E-state index is -0.267. The summed E-state index contributed by atoms with van der Waals surface area (Å²) in [5, 5.41) is 3.39. The molecule has 6 nitrogen and oxygen atoms in total. The van der Waals surface area contributed by atoms with Crippen LogP contribution in [0.15, 0.2) is 46.9 Å². The van der Waals surface area contributed by atoms with Gasteiger partial charge < -0.3 is 19.9 Å². The molecule has 3 rings (SSSR count). The number of halogens is 2. The number of rotatable bonds is 6. The summed E-state index contributed by atoms with van der Waals surface area (Å²) in [5.74, 6) is 0.602. The fourth-order valence-electron chi connectivity index (χ4n) is 3.56. The van der Waals surface area contributed by atoms with E-state index in [1.807, 2.05) is 49.1 Å². The zero-order valence-corrected chi connectivity index (χ0v) is 20.7. The second-order valence-corrected chi connectivity index (χ2v) is 9.16. The number of piperazine rings is 1. The molecule has 2 amide bonds. The minimum absolute atomic E-state index is 0.00610. The van der Waals surface area contributed by atoms with E-state index < -0.39 is 0 Å². The number of nitrogens with zero attached hydrogens (tertiary/aromatic N) is 2. The van der Waals surface area contributed by atoms with Gasteiger partial charge in [-0.2, -0.15) is 0 Å². The maximum atomic E-state index is 12.4. The Morgan fingerprint density at radius 1 is 1.12 bits per heavy atom. The highest BCUT2D eigenvalue weighted by Gasteiger charge is 2.24. The van der Waals surface area contributed by atoms with E-state index in [-0.39, 0.29) is 17.7 Å². The van der Waals surface area contributed by atoms with Crippen LogP contribution in [0.25, 0.3) is 6.08 Å². The highest BCUT2D eigenvalue weighted by atomic mass is 79.9. The molecular weight excluding hydrogens is 494 g/mol. The Morgan fingerprint density at radius 3 is 2.47 bits per heavy atom. The Labute approximate surface area is 202 Å². The van der Waals surface area contributed by atoms with Gasteiger partial charge in [-0.25, -0.2) is 0 Å². The molecule has 170 valence electrons. The lowest BCUT2D eigenvalue weighted by atomic mass is 10.1. The Morgan fingerprint density at radius 2 is 1.84 bits per heavy atom. The van der Waals surface area contributed by atoms with Gasteiger partial charge in [0.05, 0.1) is 17.8 Å². The van der Waals surface area contributed by atoms with E-state index in [0.717, 1.165) is 28.8 Å². The van der Waals surface area contributed by atoms with E-state index in [4.69, 9.17) is 16.3 Å². The number of ether oxygens (including phenoxy) is 1. The summed E-state index contributed by atoms with van der Waals surface area (Å²) in [5.41, 5.74) is 2.31. The molecule has 32 heavy (non-hydrogen) atoms. The van der Waals surface area contributed by atoms with Crippen LogP contribution < -0.4 is 15.0 Å². The van der Waals surface area contributed by atoms with Crippen molar-refractivity contribution >= 4 is 56.8 Å². The Kier molecular flexibility index (Phi) is 8.21. The average Bonchev–Trinajstić information content (AvgIpc) is 2.77. The second-order valence-electron chi connectivity index (χ2n) is 7.84. The monoisotopic (exact) mass is 519 g/mol. The smallest absolute Gasteiger partial charge is 0.248 e. The molecule has 2 aromatic carbocycles. The van der Waals surface area contributed by atoms with Gasteiger partial charge >= 0.3 is 0 Å². The molecular formula is C24H27BrClN3O3. The van der Waals surface area contributed by atoms with Crippen LogP contribution in [0.3, 0.4) is 0 Å². The highest BCUT2D eigenvalue weighted by Crippen LogP contribution is 2.30. The predicted molar refractivity (Wildman–Crippen MR) is 133 cm³/mol. The zero-order valence-electron chi connectivity index (χ0n) is 18.4. The van der Waals surface area contributed by atoms with E-state index >= 15 is 0 Å². The van der Waals surface area contributed by atoms with Gasteiger partial charge in [-0.15, -0.1) is 0 Å². The number of carbonyl (C=O) groups excluding carboxylic acids is 2. The van der Waals surface area contributed by atoms with Gasteiger partial charge in [-0.1, -0.05) is 41.4 Å². The first-order chi connectivity index (χ1) is 15.3. The van der Waals surface area contributed by atoms with Gasteiger partial charge in [0.2, 0.25) is 11.8 Å². The highest BCUT2D eigenvalue weighted by molar-refractivity contribution is 9.10. The molecule has 0 spiro atoms.